The summed E-state index contributed by atoms with van der Waals surface area (Å²) in [4.78, 5) is 0. The molecule has 0 radical (unpaired) electrons. The number of allylic oxidation sites excluding steroid dienone is 4. The number of benzene rings is 3. The van der Waals surface area contributed by atoms with Crippen molar-refractivity contribution >= 4 is 11.3 Å². The van der Waals surface area contributed by atoms with Gasteiger partial charge in [-0.15, -0.1) is 0 Å². The zero-order chi connectivity index (χ0) is 17.8. The van der Waals surface area contributed by atoms with E-state index in [4.69, 9.17) is 0 Å². The largest absolute Gasteiger partial charge is 0.359 e. The molecule has 0 bridgehead atoms. The lowest BCUT2D eigenvalue weighted by Gasteiger charge is -2.23. The molecule has 0 aromatic heterocycles. The van der Waals surface area contributed by atoms with Crippen molar-refractivity contribution in [1.29, 1.82) is 0 Å². The summed E-state index contributed by atoms with van der Waals surface area (Å²) in [5.74, 6) is 0.468. The summed E-state index contributed by atoms with van der Waals surface area (Å²) in [6, 6.07) is 29.8. The first-order valence-corrected chi connectivity index (χ1v) is 9.18. The zero-order valence-corrected chi connectivity index (χ0v) is 15.0. The van der Waals surface area contributed by atoms with Gasteiger partial charge in [-0.2, -0.15) is 0 Å². The lowest BCUT2D eigenvalue weighted by molar-refractivity contribution is 0.702. The minimum absolute atomic E-state index is 0.468. The van der Waals surface area contributed by atoms with Gasteiger partial charge in [-0.05, 0) is 46.9 Å². The molecule has 4 rings (SSSR count). The average molecular weight is 337 g/mol. The van der Waals surface area contributed by atoms with E-state index in [0.717, 1.165) is 12.1 Å². The molecular formula is C25H23N. The minimum Gasteiger partial charge on any atom is -0.359 e. The molecule has 0 heterocycles. The molecule has 128 valence electrons. The van der Waals surface area contributed by atoms with Crippen LogP contribution >= 0.6 is 0 Å². The van der Waals surface area contributed by atoms with Crippen LogP contribution in [0, 0.1) is 5.92 Å². The first-order chi connectivity index (χ1) is 12.8. The van der Waals surface area contributed by atoms with Crippen LogP contribution in [-0.2, 0) is 0 Å². The van der Waals surface area contributed by atoms with E-state index in [-0.39, 0.29) is 0 Å². The highest BCUT2D eigenvalue weighted by atomic mass is 14.9. The smallest absolute Gasteiger partial charge is 0.0388 e. The maximum atomic E-state index is 3.63. The van der Waals surface area contributed by atoms with Crippen molar-refractivity contribution in [3.8, 4) is 11.1 Å². The molecule has 3 aromatic carbocycles. The van der Waals surface area contributed by atoms with Gasteiger partial charge in [0, 0.05) is 17.3 Å². The van der Waals surface area contributed by atoms with E-state index in [1.807, 2.05) is 0 Å². The monoisotopic (exact) mass is 337 g/mol. The van der Waals surface area contributed by atoms with E-state index < -0.39 is 0 Å². The highest BCUT2D eigenvalue weighted by Gasteiger charge is 2.16. The van der Waals surface area contributed by atoms with Gasteiger partial charge in [-0.25, -0.2) is 0 Å². The van der Waals surface area contributed by atoms with Gasteiger partial charge in [0.2, 0.25) is 0 Å². The molecule has 1 nitrogen and oxygen atoms in total. The highest BCUT2D eigenvalue weighted by molar-refractivity contribution is 5.71. The molecule has 1 unspecified atom stereocenters. The van der Waals surface area contributed by atoms with Gasteiger partial charge in [-0.3, -0.25) is 0 Å². The second-order valence-corrected chi connectivity index (χ2v) is 6.86. The second-order valence-electron chi connectivity index (χ2n) is 6.86. The number of hydrogen-bond donors (Lipinski definition) is 1. The molecule has 0 amide bonds. The Morgan fingerprint density at radius 2 is 1.35 bits per heavy atom. The molecular weight excluding hydrogens is 314 g/mol. The van der Waals surface area contributed by atoms with Gasteiger partial charge in [0.15, 0.2) is 0 Å². The third-order valence-corrected chi connectivity index (χ3v) is 4.92. The summed E-state index contributed by atoms with van der Waals surface area (Å²) in [6.07, 6.45) is 5.53. The lowest BCUT2D eigenvalue weighted by atomic mass is 9.88. The molecule has 1 aliphatic carbocycles. The van der Waals surface area contributed by atoms with Crippen LogP contribution in [-0.4, -0.2) is 0 Å². The molecule has 3 aromatic rings. The first kappa shape index (κ1) is 16.4. The second kappa shape index (κ2) is 7.45. The van der Waals surface area contributed by atoms with Crippen LogP contribution in [0.2, 0.25) is 0 Å². The maximum absolute atomic E-state index is 3.63. The summed E-state index contributed by atoms with van der Waals surface area (Å²) in [7, 11) is 0. The molecule has 26 heavy (non-hydrogen) atoms. The predicted molar refractivity (Wildman–Crippen MR) is 112 cm³/mol. The van der Waals surface area contributed by atoms with E-state index in [9.17, 15) is 0 Å². The summed E-state index contributed by atoms with van der Waals surface area (Å²) in [5.41, 5.74) is 7.62. The van der Waals surface area contributed by atoms with Crippen LogP contribution < -0.4 is 5.32 Å². The third-order valence-electron chi connectivity index (χ3n) is 4.92. The highest BCUT2D eigenvalue weighted by Crippen LogP contribution is 2.32. The van der Waals surface area contributed by atoms with Crippen LogP contribution in [0.15, 0.2) is 103 Å². The Morgan fingerprint density at radius 1 is 0.692 bits per heavy atom. The van der Waals surface area contributed by atoms with Gasteiger partial charge in [-0.1, -0.05) is 85.8 Å². The van der Waals surface area contributed by atoms with Crippen molar-refractivity contribution in [2.24, 2.45) is 5.92 Å². The molecule has 1 aliphatic rings. The Bertz CT molecular complexity index is 936. The van der Waals surface area contributed by atoms with Crippen LogP contribution in [0.3, 0.4) is 0 Å². The van der Waals surface area contributed by atoms with E-state index in [1.54, 1.807) is 0 Å². The Kier molecular flexibility index (Phi) is 4.70. The summed E-state index contributed by atoms with van der Waals surface area (Å²) < 4.78 is 0. The number of nitrogens with one attached hydrogen (secondary N) is 1. The molecule has 0 saturated heterocycles. The summed E-state index contributed by atoms with van der Waals surface area (Å²) in [5, 5.41) is 3.63. The van der Waals surface area contributed by atoms with E-state index in [1.165, 1.54) is 28.0 Å². The summed E-state index contributed by atoms with van der Waals surface area (Å²) in [6.45, 7) is 2.29. The van der Waals surface area contributed by atoms with E-state index in [2.05, 4.69) is 109 Å². The van der Waals surface area contributed by atoms with Gasteiger partial charge >= 0.3 is 0 Å². The maximum Gasteiger partial charge on any atom is 0.0388 e. The van der Waals surface area contributed by atoms with Crippen LogP contribution in [0.1, 0.15) is 18.9 Å². The molecule has 1 N–H and O–H groups in total. The van der Waals surface area contributed by atoms with Crippen molar-refractivity contribution in [1.82, 2.24) is 0 Å². The fraction of sp³-hybridized carbons (Fsp3) is 0.120. The predicted octanol–water partition coefficient (Wildman–Crippen LogP) is 6.77. The standard InChI is InChI=1S/C25H23N/c1-19-17-23(21-11-6-3-7-12-21)15-16-25(19)26-24-14-8-13-22(18-24)20-9-4-2-5-10-20/h2-16,18-19,26H,17H2,1H3. The van der Waals surface area contributed by atoms with Crippen molar-refractivity contribution in [2.75, 3.05) is 5.32 Å². The van der Waals surface area contributed by atoms with Crippen LogP contribution in [0.25, 0.3) is 16.7 Å². The quantitative estimate of drug-likeness (QED) is 0.554. The topological polar surface area (TPSA) is 12.0 Å². The Morgan fingerprint density at radius 3 is 2.04 bits per heavy atom. The molecule has 1 heteroatoms. The van der Waals surface area contributed by atoms with Crippen molar-refractivity contribution < 1.29 is 0 Å². The molecule has 0 aliphatic heterocycles. The van der Waals surface area contributed by atoms with Crippen molar-refractivity contribution in [3.63, 3.8) is 0 Å². The van der Waals surface area contributed by atoms with Gasteiger partial charge < -0.3 is 5.32 Å². The van der Waals surface area contributed by atoms with Crippen molar-refractivity contribution in [3.05, 3.63) is 108 Å². The first-order valence-electron chi connectivity index (χ1n) is 9.18. The Hall–Kier alpha value is -3.06. The number of hydrogen-bond acceptors (Lipinski definition) is 1. The van der Waals surface area contributed by atoms with Crippen LogP contribution in [0.4, 0.5) is 5.69 Å². The number of rotatable bonds is 4. The average Bonchev–Trinajstić information content (AvgIpc) is 2.71. The fourth-order valence-corrected chi connectivity index (χ4v) is 3.47. The SMILES string of the molecule is CC1CC(c2ccccc2)=CC=C1Nc1cccc(-c2ccccc2)c1. The van der Waals surface area contributed by atoms with Crippen molar-refractivity contribution in [2.45, 2.75) is 13.3 Å². The van der Waals surface area contributed by atoms with Gasteiger partial charge in [0.1, 0.15) is 0 Å². The van der Waals surface area contributed by atoms with Crippen LogP contribution in [0.5, 0.6) is 0 Å². The number of anilines is 1. The zero-order valence-electron chi connectivity index (χ0n) is 15.0. The lowest BCUT2D eigenvalue weighted by Crippen LogP contribution is -2.12. The molecule has 1 atom stereocenters. The molecule has 0 spiro atoms. The molecule has 0 fully saturated rings. The Balaban J connectivity index is 1.56. The normalized spacial score (nSPS) is 16.6. The fourth-order valence-electron chi connectivity index (χ4n) is 3.47. The minimum atomic E-state index is 0.468. The molecule has 0 saturated carbocycles. The van der Waals surface area contributed by atoms with Gasteiger partial charge in [0.05, 0.1) is 0 Å². The third kappa shape index (κ3) is 3.62. The van der Waals surface area contributed by atoms with E-state index in [0.29, 0.717) is 5.92 Å². The van der Waals surface area contributed by atoms with Gasteiger partial charge in [0.25, 0.3) is 0 Å². The Labute approximate surface area is 155 Å². The summed E-state index contributed by atoms with van der Waals surface area (Å²) >= 11 is 0. The van der Waals surface area contributed by atoms with E-state index >= 15 is 0 Å².